The van der Waals surface area contributed by atoms with Gasteiger partial charge in [-0.1, -0.05) is 83.1 Å². The maximum atomic E-state index is 2.42. The molecule has 0 bridgehead atoms. The summed E-state index contributed by atoms with van der Waals surface area (Å²) in [7, 11) is 0. The Bertz CT molecular complexity index is 493. The molecule has 0 nitrogen and oxygen atoms in total. The largest absolute Gasteiger partial charge is 0.142 e. The number of benzene rings is 1. The summed E-state index contributed by atoms with van der Waals surface area (Å²) in [6.07, 6.45) is 14.2. The maximum absolute atomic E-state index is 2.42. The van der Waals surface area contributed by atoms with Crippen molar-refractivity contribution in [3.05, 3.63) is 35.4 Å². The molecule has 3 rings (SSSR count). The summed E-state index contributed by atoms with van der Waals surface area (Å²) in [5, 5.41) is 0. The van der Waals surface area contributed by atoms with Gasteiger partial charge in [0, 0.05) is 0 Å². The molecule has 1 heterocycles. The van der Waals surface area contributed by atoms with Gasteiger partial charge in [-0.15, -0.1) is 23.5 Å². The molecule has 0 aromatic heterocycles. The van der Waals surface area contributed by atoms with Crippen molar-refractivity contribution in [1.29, 1.82) is 0 Å². The summed E-state index contributed by atoms with van der Waals surface area (Å²) in [5.41, 5.74) is 3.10. The van der Waals surface area contributed by atoms with Gasteiger partial charge in [0.05, 0.1) is 4.58 Å². The van der Waals surface area contributed by atoms with Gasteiger partial charge in [0.25, 0.3) is 0 Å². The molecule has 2 aliphatic rings. The van der Waals surface area contributed by atoms with Gasteiger partial charge in [0.2, 0.25) is 0 Å². The molecule has 26 heavy (non-hydrogen) atoms. The van der Waals surface area contributed by atoms with E-state index < -0.39 is 0 Å². The molecule has 1 saturated heterocycles. The van der Waals surface area contributed by atoms with E-state index in [9.17, 15) is 0 Å². The first kappa shape index (κ1) is 20.6. The Kier molecular flexibility index (Phi) is 8.78. The summed E-state index contributed by atoms with van der Waals surface area (Å²) >= 11 is 4.36. The van der Waals surface area contributed by atoms with E-state index in [0.29, 0.717) is 4.58 Å². The first-order valence-corrected chi connectivity index (χ1v) is 13.2. The van der Waals surface area contributed by atoms with E-state index in [1.54, 1.807) is 11.1 Å². The monoisotopic (exact) mass is 390 g/mol. The highest BCUT2D eigenvalue weighted by Gasteiger charge is 2.23. The van der Waals surface area contributed by atoms with Crippen LogP contribution in [0.2, 0.25) is 0 Å². The summed E-state index contributed by atoms with van der Waals surface area (Å²) < 4.78 is 0.672. The highest BCUT2D eigenvalue weighted by Crippen LogP contribution is 2.46. The molecule has 0 amide bonds. The molecule has 1 saturated carbocycles. The number of aryl methyl sites for hydroxylation is 1. The average Bonchev–Trinajstić information content (AvgIpc) is 2.72. The molecule has 0 atom stereocenters. The molecule has 1 aliphatic heterocycles. The van der Waals surface area contributed by atoms with E-state index in [1.165, 1.54) is 75.7 Å². The Morgan fingerprint density at radius 3 is 2.08 bits per heavy atom. The van der Waals surface area contributed by atoms with Gasteiger partial charge in [-0.05, 0) is 59.6 Å². The fourth-order valence-corrected chi connectivity index (χ4v) is 7.70. The van der Waals surface area contributed by atoms with Crippen molar-refractivity contribution in [3.8, 4) is 0 Å². The lowest BCUT2D eigenvalue weighted by molar-refractivity contribution is 0.259. The first-order valence-electron chi connectivity index (χ1n) is 11.1. The van der Waals surface area contributed by atoms with Crippen molar-refractivity contribution in [2.24, 2.45) is 17.8 Å². The molecule has 1 aromatic rings. The minimum Gasteiger partial charge on any atom is -0.142 e. The second kappa shape index (κ2) is 11.1. The molecule has 0 radical (unpaired) electrons. The van der Waals surface area contributed by atoms with Crippen LogP contribution in [0.3, 0.4) is 0 Å². The number of thioether (sulfide) groups is 2. The lowest BCUT2D eigenvalue weighted by Gasteiger charge is -2.28. The van der Waals surface area contributed by atoms with E-state index in [4.69, 9.17) is 0 Å². The van der Waals surface area contributed by atoms with Gasteiger partial charge in [0.1, 0.15) is 0 Å². The van der Waals surface area contributed by atoms with Crippen LogP contribution in [0.1, 0.15) is 87.3 Å². The third-order valence-corrected chi connectivity index (χ3v) is 9.86. The highest BCUT2D eigenvalue weighted by atomic mass is 32.2. The van der Waals surface area contributed by atoms with E-state index >= 15 is 0 Å². The predicted molar refractivity (Wildman–Crippen MR) is 121 cm³/mol. The Balaban J connectivity index is 1.40. The Hall–Kier alpha value is -0.0800. The lowest BCUT2D eigenvalue weighted by Crippen LogP contribution is -2.14. The van der Waals surface area contributed by atoms with Crippen molar-refractivity contribution in [2.75, 3.05) is 11.5 Å². The molecule has 146 valence electrons. The molecular formula is C24H38S2. The second-order valence-electron chi connectivity index (χ2n) is 8.58. The van der Waals surface area contributed by atoms with Crippen LogP contribution in [0.15, 0.2) is 24.3 Å². The van der Waals surface area contributed by atoms with Crippen LogP contribution < -0.4 is 0 Å². The molecule has 2 heteroatoms. The van der Waals surface area contributed by atoms with Crippen molar-refractivity contribution < 1.29 is 0 Å². The standard InChI is InChI=1S/C24H38S2/c1-3-5-6-22-17-25-24(26-18-22)23-15-13-21(14-16-23)12-11-20-9-7-19(4-2)8-10-20/h13-16,19-20,22,24H,3-12,17-18H2,1-2H3/t19-,20-,22?,24?. The van der Waals surface area contributed by atoms with E-state index in [-0.39, 0.29) is 0 Å². The first-order chi connectivity index (χ1) is 12.8. The van der Waals surface area contributed by atoms with E-state index in [1.807, 2.05) is 0 Å². The Morgan fingerprint density at radius 2 is 1.46 bits per heavy atom. The smallest absolute Gasteiger partial charge is 0.0751 e. The zero-order valence-corrected chi connectivity index (χ0v) is 18.6. The van der Waals surface area contributed by atoms with Crippen LogP contribution in [0.25, 0.3) is 0 Å². The zero-order chi connectivity index (χ0) is 18.2. The summed E-state index contributed by atoms with van der Waals surface area (Å²) in [4.78, 5) is 0. The topological polar surface area (TPSA) is 0 Å². The van der Waals surface area contributed by atoms with E-state index in [0.717, 1.165) is 17.8 Å². The van der Waals surface area contributed by atoms with Crippen LogP contribution in [0, 0.1) is 17.8 Å². The summed E-state index contributed by atoms with van der Waals surface area (Å²) in [6.45, 7) is 4.67. The molecule has 0 spiro atoms. The Morgan fingerprint density at radius 1 is 0.808 bits per heavy atom. The number of hydrogen-bond donors (Lipinski definition) is 0. The lowest BCUT2D eigenvalue weighted by atomic mass is 9.78. The van der Waals surface area contributed by atoms with Crippen molar-refractivity contribution in [2.45, 2.75) is 82.6 Å². The van der Waals surface area contributed by atoms with Crippen LogP contribution in [-0.4, -0.2) is 11.5 Å². The van der Waals surface area contributed by atoms with Gasteiger partial charge >= 0.3 is 0 Å². The average molecular weight is 391 g/mol. The minimum absolute atomic E-state index is 0.672. The van der Waals surface area contributed by atoms with Gasteiger partial charge in [-0.25, -0.2) is 0 Å². The Labute approximate surface area is 170 Å². The summed E-state index contributed by atoms with van der Waals surface area (Å²) in [5.74, 6) is 5.68. The molecule has 2 fully saturated rings. The van der Waals surface area contributed by atoms with Gasteiger partial charge in [-0.3, -0.25) is 0 Å². The van der Waals surface area contributed by atoms with Crippen LogP contribution in [-0.2, 0) is 6.42 Å². The van der Waals surface area contributed by atoms with Crippen LogP contribution in [0.4, 0.5) is 0 Å². The molecule has 1 aromatic carbocycles. The van der Waals surface area contributed by atoms with Gasteiger partial charge < -0.3 is 0 Å². The summed E-state index contributed by atoms with van der Waals surface area (Å²) in [6, 6.07) is 9.66. The maximum Gasteiger partial charge on any atom is 0.0751 e. The number of hydrogen-bond acceptors (Lipinski definition) is 2. The second-order valence-corrected chi connectivity index (χ2v) is 11.2. The van der Waals surface area contributed by atoms with Crippen molar-refractivity contribution in [3.63, 3.8) is 0 Å². The normalized spacial score (nSPS) is 29.6. The quantitative estimate of drug-likeness (QED) is 0.439. The molecule has 0 N–H and O–H groups in total. The van der Waals surface area contributed by atoms with E-state index in [2.05, 4.69) is 61.6 Å². The fourth-order valence-electron chi connectivity index (χ4n) is 4.54. The zero-order valence-electron chi connectivity index (χ0n) is 16.9. The third kappa shape index (κ3) is 6.23. The van der Waals surface area contributed by atoms with Crippen molar-refractivity contribution in [1.82, 2.24) is 0 Å². The predicted octanol–water partition coefficient (Wildman–Crippen LogP) is 8.12. The number of rotatable bonds is 8. The molecule has 0 unspecified atom stereocenters. The van der Waals surface area contributed by atoms with Crippen LogP contribution >= 0.6 is 23.5 Å². The van der Waals surface area contributed by atoms with Crippen molar-refractivity contribution >= 4 is 23.5 Å². The third-order valence-electron chi connectivity index (χ3n) is 6.57. The van der Waals surface area contributed by atoms with Crippen LogP contribution in [0.5, 0.6) is 0 Å². The van der Waals surface area contributed by atoms with Gasteiger partial charge in [0.15, 0.2) is 0 Å². The van der Waals surface area contributed by atoms with Gasteiger partial charge in [-0.2, -0.15) is 0 Å². The highest BCUT2D eigenvalue weighted by molar-refractivity contribution is 8.16. The minimum atomic E-state index is 0.672. The molecule has 1 aliphatic carbocycles. The molecular weight excluding hydrogens is 352 g/mol. The number of unbranched alkanes of at least 4 members (excludes halogenated alkanes) is 1. The fraction of sp³-hybridized carbons (Fsp3) is 0.750. The SMILES string of the molecule is CCCCC1CSC(c2ccc(CC[C@H]3CC[C@H](CC)CC3)cc2)SC1.